The van der Waals surface area contributed by atoms with Crippen LogP contribution in [0.2, 0.25) is 0 Å². The van der Waals surface area contributed by atoms with Crippen molar-refractivity contribution < 1.29 is 4.74 Å². The van der Waals surface area contributed by atoms with Gasteiger partial charge in [-0.1, -0.05) is 13.3 Å². The SMILES string of the molecule is CCN1CCCCC1c1ncc2ccc(OC)cn12. The summed E-state index contributed by atoms with van der Waals surface area (Å²) in [5.74, 6) is 2.03. The Morgan fingerprint density at radius 3 is 3.05 bits per heavy atom. The monoisotopic (exact) mass is 259 g/mol. The van der Waals surface area contributed by atoms with E-state index < -0.39 is 0 Å². The van der Waals surface area contributed by atoms with Gasteiger partial charge in [0.2, 0.25) is 0 Å². The molecule has 1 atom stereocenters. The summed E-state index contributed by atoms with van der Waals surface area (Å²) in [7, 11) is 1.71. The molecule has 1 aliphatic heterocycles. The molecule has 1 unspecified atom stereocenters. The number of imidazole rings is 1. The van der Waals surface area contributed by atoms with Crippen LogP contribution in [0, 0.1) is 0 Å². The fourth-order valence-corrected chi connectivity index (χ4v) is 3.02. The van der Waals surface area contributed by atoms with Crippen LogP contribution in [0.3, 0.4) is 0 Å². The van der Waals surface area contributed by atoms with Crippen LogP contribution in [0.5, 0.6) is 5.75 Å². The van der Waals surface area contributed by atoms with Crippen molar-refractivity contribution >= 4 is 5.52 Å². The topological polar surface area (TPSA) is 29.8 Å². The van der Waals surface area contributed by atoms with Gasteiger partial charge in [-0.3, -0.25) is 9.30 Å². The highest BCUT2D eigenvalue weighted by Crippen LogP contribution is 2.30. The summed E-state index contributed by atoms with van der Waals surface area (Å²) in [4.78, 5) is 7.18. The molecule has 1 aliphatic rings. The maximum Gasteiger partial charge on any atom is 0.135 e. The molecule has 0 spiro atoms. The second-order valence-corrected chi connectivity index (χ2v) is 5.12. The van der Waals surface area contributed by atoms with E-state index in [9.17, 15) is 0 Å². The van der Waals surface area contributed by atoms with Gasteiger partial charge in [0.15, 0.2) is 0 Å². The van der Waals surface area contributed by atoms with Crippen molar-refractivity contribution in [3.8, 4) is 5.75 Å². The lowest BCUT2D eigenvalue weighted by atomic mass is 10.0. The Morgan fingerprint density at radius 2 is 2.26 bits per heavy atom. The zero-order valence-corrected chi connectivity index (χ0v) is 11.7. The highest BCUT2D eigenvalue weighted by atomic mass is 16.5. The van der Waals surface area contributed by atoms with Gasteiger partial charge in [-0.05, 0) is 38.1 Å². The summed E-state index contributed by atoms with van der Waals surface area (Å²) in [6.45, 7) is 4.50. The second-order valence-electron chi connectivity index (χ2n) is 5.12. The van der Waals surface area contributed by atoms with E-state index in [4.69, 9.17) is 4.74 Å². The Kier molecular flexibility index (Phi) is 3.42. The number of fused-ring (bicyclic) bond motifs is 1. The fraction of sp³-hybridized carbons (Fsp3) is 0.533. The van der Waals surface area contributed by atoms with Gasteiger partial charge >= 0.3 is 0 Å². The third-order valence-electron chi connectivity index (χ3n) is 4.08. The summed E-state index contributed by atoms with van der Waals surface area (Å²) in [6, 6.07) is 4.49. The minimum atomic E-state index is 0.438. The van der Waals surface area contributed by atoms with E-state index >= 15 is 0 Å². The maximum atomic E-state index is 5.32. The van der Waals surface area contributed by atoms with Crippen molar-refractivity contribution in [1.29, 1.82) is 0 Å². The van der Waals surface area contributed by atoms with Crippen LogP contribution in [0.1, 0.15) is 38.1 Å². The van der Waals surface area contributed by atoms with Crippen LogP contribution < -0.4 is 4.74 Å². The molecule has 2 aromatic rings. The van der Waals surface area contributed by atoms with Crippen molar-refractivity contribution in [2.45, 2.75) is 32.2 Å². The molecule has 102 valence electrons. The third kappa shape index (κ3) is 2.21. The Morgan fingerprint density at radius 1 is 1.37 bits per heavy atom. The summed E-state index contributed by atoms with van der Waals surface area (Å²) >= 11 is 0. The molecule has 0 N–H and O–H groups in total. The molecule has 19 heavy (non-hydrogen) atoms. The fourth-order valence-electron chi connectivity index (χ4n) is 3.02. The van der Waals surface area contributed by atoms with Crippen LogP contribution >= 0.6 is 0 Å². The van der Waals surface area contributed by atoms with E-state index in [-0.39, 0.29) is 0 Å². The predicted molar refractivity (Wildman–Crippen MR) is 75.6 cm³/mol. The van der Waals surface area contributed by atoms with Crippen molar-refractivity contribution in [2.24, 2.45) is 0 Å². The number of aromatic nitrogens is 2. The molecule has 1 fully saturated rings. The predicted octanol–water partition coefficient (Wildman–Crippen LogP) is 2.89. The molecular weight excluding hydrogens is 238 g/mol. The highest BCUT2D eigenvalue weighted by molar-refractivity contribution is 5.48. The molecule has 0 amide bonds. The molecule has 0 radical (unpaired) electrons. The summed E-state index contributed by atoms with van der Waals surface area (Å²) in [5.41, 5.74) is 1.14. The third-order valence-corrected chi connectivity index (χ3v) is 4.08. The highest BCUT2D eigenvalue weighted by Gasteiger charge is 2.26. The van der Waals surface area contributed by atoms with Crippen LogP contribution in [0.15, 0.2) is 24.5 Å². The minimum absolute atomic E-state index is 0.438. The first-order valence-corrected chi connectivity index (χ1v) is 7.08. The molecule has 0 saturated carbocycles. The smallest absolute Gasteiger partial charge is 0.135 e. The average molecular weight is 259 g/mol. The standard InChI is InChI=1S/C15H21N3O/c1-3-17-9-5-4-6-14(17)15-16-10-12-7-8-13(19-2)11-18(12)15/h7-8,10-11,14H,3-6,9H2,1-2H3. The van der Waals surface area contributed by atoms with Crippen molar-refractivity contribution in [3.63, 3.8) is 0 Å². The lowest BCUT2D eigenvalue weighted by Gasteiger charge is -2.33. The van der Waals surface area contributed by atoms with Gasteiger partial charge in [-0.2, -0.15) is 0 Å². The molecule has 3 heterocycles. The van der Waals surface area contributed by atoms with Gasteiger partial charge in [0, 0.05) is 0 Å². The zero-order valence-electron chi connectivity index (χ0n) is 11.7. The molecule has 4 nitrogen and oxygen atoms in total. The number of methoxy groups -OCH3 is 1. The van der Waals surface area contributed by atoms with E-state index in [0.29, 0.717) is 6.04 Å². The Balaban J connectivity index is 2.03. The number of rotatable bonds is 3. The van der Waals surface area contributed by atoms with Crippen molar-refractivity contribution in [2.75, 3.05) is 20.2 Å². The number of nitrogens with zero attached hydrogens (tertiary/aromatic N) is 3. The van der Waals surface area contributed by atoms with Gasteiger partial charge in [-0.15, -0.1) is 0 Å². The average Bonchev–Trinajstić information content (AvgIpc) is 2.89. The van der Waals surface area contributed by atoms with E-state index in [1.165, 1.54) is 25.8 Å². The van der Waals surface area contributed by atoms with E-state index in [2.05, 4.69) is 27.3 Å². The van der Waals surface area contributed by atoms with Gasteiger partial charge in [0.25, 0.3) is 0 Å². The molecule has 0 aromatic carbocycles. The number of pyridine rings is 1. The van der Waals surface area contributed by atoms with Gasteiger partial charge in [0.05, 0.1) is 31.1 Å². The van der Waals surface area contributed by atoms with Gasteiger partial charge in [-0.25, -0.2) is 4.98 Å². The first-order valence-electron chi connectivity index (χ1n) is 7.08. The number of hydrogen-bond donors (Lipinski definition) is 0. The molecule has 0 aliphatic carbocycles. The first kappa shape index (κ1) is 12.5. The molecule has 1 saturated heterocycles. The van der Waals surface area contributed by atoms with Crippen molar-refractivity contribution in [1.82, 2.24) is 14.3 Å². The van der Waals surface area contributed by atoms with Gasteiger partial charge < -0.3 is 4.74 Å². The summed E-state index contributed by atoms with van der Waals surface area (Å²) < 4.78 is 7.50. The molecular formula is C15H21N3O. The Hall–Kier alpha value is -1.55. The Labute approximate surface area is 114 Å². The van der Waals surface area contributed by atoms with Crippen LogP contribution in [-0.4, -0.2) is 34.5 Å². The van der Waals surface area contributed by atoms with E-state index in [1.54, 1.807) is 7.11 Å². The first-order chi connectivity index (χ1) is 9.33. The van der Waals surface area contributed by atoms with Crippen LogP contribution in [-0.2, 0) is 0 Å². The van der Waals surface area contributed by atoms with Crippen LogP contribution in [0.25, 0.3) is 5.52 Å². The zero-order chi connectivity index (χ0) is 13.2. The maximum absolute atomic E-state index is 5.32. The number of ether oxygens (including phenoxy) is 1. The van der Waals surface area contributed by atoms with Crippen LogP contribution in [0.4, 0.5) is 0 Å². The van der Waals surface area contributed by atoms with E-state index in [1.807, 2.05) is 18.5 Å². The minimum Gasteiger partial charge on any atom is -0.495 e. The molecule has 0 bridgehead atoms. The summed E-state index contributed by atoms with van der Waals surface area (Å²) in [5, 5.41) is 0. The largest absolute Gasteiger partial charge is 0.495 e. The Bertz CT molecular complexity index is 564. The quantitative estimate of drug-likeness (QED) is 0.849. The second kappa shape index (κ2) is 5.21. The molecule has 3 rings (SSSR count). The number of likely N-dealkylation sites (tertiary alicyclic amines) is 1. The normalized spacial score (nSPS) is 20.8. The molecule has 4 heteroatoms. The lowest BCUT2D eigenvalue weighted by molar-refractivity contribution is 0.149. The molecule has 2 aromatic heterocycles. The number of piperidine rings is 1. The van der Waals surface area contributed by atoms with Gasteiger partial charge in [0.1, 0.15) is 11.6 Å². The lowest BCUT2D eigenvalue weighted by Crippen LogP contribution is -2.34. The summed E-state index contributed by atoms with van der Waals surface area (Å²) in [6.07, 6.45) is 7.79. The van der Waals surface area contributed by atoms with Crippen molar-refractivity contribution in [3.05, 3.63) is 30.4 Å². The van der Waals surface area contributed by atoms with E-state index in [0.717, 1.165) is 23.6 Å². The number of hydrogen-bond acceptors (Lipinski definition) is 3.